The van der Waals surface area contributed by atoms with Crippen molar-refractivity contribution in [2.45, 2.75) is 62.6 Å². The van der Waals surface area contributed by atoms with Crippen molar-refractivity contribution < 1.29 is 43.6 Å². The molecule has 168 valence electrons. The third-order valence-corrected chi connectivity index (χ3v) is 11.2. The first-order chi connectivity index (χ1) is 13.0. The van der Waals surface area contributed by atoms with Gasteiger partial charge in [-0.3, -0.25) is 4.79 Å². The molecule has 0 aliphatic heterocycles. The molecule has 4 aliphatic rings. The summed E-state index contributed by atoms with van der Waals surface area (Å²) >= 11 is 0. The van der Waals surface area contributed by atoms with Crippen molar-refractivity contribution in [2.24, 2.45) is 29.1 Å². The fraction of sp³-hybridized carbons (Fsp3) is 0.941. The molecule has 4 aliphatic carbocycles. The van der Waals surface area contributed by atoms with E-state index in [1.165, 1.54) is 0 Å². The summed E-state index contributed by atoms with van der Waals surface area (Å²) in [6, 6.07) is 0. The van der Waals surface area contributed by atoms with E-state index in [4.69, 9.17) is 0 Å². The van der Waals surface area contributed by atoms with Crippen molar-refractivity contribution in [2.75, 3.05) is 5.08 Å². The zero-order valence-corrected chi connectivity index (χ0v) is 17.3. The van der Waals surface area contributed by atoms with Gasteiger partial charge in [-0.1, -0.05) is 6.92 Å². The molecule has 4 saturated carbocycles. The third kappa shape index (κ3) is 3.95. The molecule has 0 aromatic carbocycles. The quantitative estimate of drug-likeness (QED) is 0.534. The van der Waals surface area contributed by atoms with Gasteiger partial charge in [0.05, 0.1) is 0 Å². The molecule has 29 heavy (non-hydrogen) atoms. The van der Waals surface area contributed by atoms with E-state index in [0.29, 0.717) is 17.8 Å². The summed E-state index contributed by atoms with van der Waals surface area (Å²) in [6.45, 7) is 1.60. The number of carbonyl (C=O) groups is 1. The molecule has 0 amide bonds. The van der Waals surface area contributed by atoms with Crippen LogP contribution >= 0.6 is 0 Å². The van der Waals surface area contributed by atoms with Gasteiger partial charge in [0.1, 0.15) is 0 Å². The predicted molar refractivity (Wildman–Crippen MR) is 93.1 cm³/mol. The summed E-state index contributed by atoms with van der Waals surface area (Å²) in [5.74, 6) is -1.23. The van der Waals surface area contributed by atoms with Crippen LogP contribution in [-0.4, -0.2) is 38.5 Å². The fourth-order valence-corrected chi connectivity index (χ4v) is 9.10. The van der Waals surface area contributed by atoms with Crippen LogP contribution in [0.5, 0.6) is 0 Å². The number of ketones is 1. The average Bonchev–Trinajstić information content (AvgIpc) is 2.51. The van der Waals surface area contributed by atoms with Crippen molar-refractivity contribution >= 4 is 25.5 Å². The lowest BCUT2D eigenvalue weighted by molar-refractivity contribution is -0.139. The molecule has 4 fully saturated rings. The van der Waals surface area contributed by atoms with E-state index in [1.807, 2.05) is 0 Å². The molecule has 0 spiro atoms. The number of halogens is 5. The van der Waals surface area contributed by atoms with Crippen LogP contribution in [0.2, 0.25) is 0 Å². The molecular weight excluding hydrogens is 443 g/mol. The van der Waals surface area contributed by atoms with E-state index in [2.05, 4.69) is 0 Å². The van der Waals surface area contributed by atoms with Crippen molar-refractivity contribution in [1.82, 2.24) is 0 Å². The fourth-order valence-electron chi connectivity index (χ4n) is 5.91. The molecule has 0 N–H and O–H groups in total. The Morgan fingerprint density at radius 2 is 1.31 bits per heavy atom. The van der Waals surface area contributed by atoms with Crippen molar-refractivity contribution in [3.8, 4) is 0 Å². The number of hydrogen-bond donors (Lipinski definition) is 0. The Morgan fingerprint density at radius 3 is 1.69 bits per heavy atom. The van der Waals surface area contributed by atoms with E-state index >= 15 is 0 Å². The highest BCUT2D eigenvalue weighted by atomic mass is 32.3. The number of carbonyl (C=O) groups excluding carboxylic acids is 1. The molecular formula is C17H23F5O5S2. The minimum atomic E-state index is -6.36. The van der Waals surface area contributed by atoms with Crippen LogP contribution in [-0.2, 0) is 24.5 Å². The smallest absolute Gasteiger partial charge is 0.292 e. The summed E-state index contributed by atoms with van der Waals surface area (Å²) in [4.78, 5) is 12.1. The van der Waals surface area contributed by atoms with Crippen LogP contribution in [0.25, 0.3) is 0 Å². The average molecular weight is 466 g/mol. The van der Waals surface area contributed by atoms with E-state index in [9.17, 15) is 43.6 Å². The van der Waals surface area contributed by atoms with E-state index in [0.717, 1.165) is 38.5 Å². The van der Waals surface area contributed by atoms with Gasteiger partial charge in [0.25, 0.3) is 9.84 Å². The summed E-state index contributed by atoms with van der Waals surface area (Å²) in [6.07, 6.45) is 4.71. The number of hydrogen-bond acceptors (Lipinski definition) is 5. The summed E-state index contributed by atoms with van der Waals surface area (Å²) in [5, 5.41) is -8.05. The molecule has 0 saturated heterocycles. The minimum absolute atomic E-state index is 0.345. The summed E-state index contributed by atoms with van der Waals surface area (Å²) < 4.78 is 111. The molecule has 5 nitrogen and oxygen atoms in total. The molecule has 4 bridgehead atoms. The molecule has 4 rings (SSSR count). The molecule has 1 atom stereocenters. The highest BCUT2D eigenvalue weighted by Crippen LogP contribution is 2.63. The monoisotopic (exact) mass is 466 g/mol. The minimum Gasteiger partial charge on any atom is -0.292 e. The van der Waals surface area contributed by atoms with Crippen LogP contribution < -0.4 is 0 Å². The van der Waals surface area contributed by atoms with Gasteiger partial charge in [-0.15, -0.1) is 0 Å². The van der Waals surface area contributed by atoms with E-state index in [-0.39, 0.29) is 5.41 Å². The van der Waals surface area contributed by atoms with Gasteiger partial charge in [0.15, 0.2) is 5.08 Å². The first-order valence-electron chi connectivity index (χ1n) is 9.41. The Bertz CT molecular complexity index is 856. The third-order valence-electron chi connectivity index (χ3n) is 7.00. The number of alkyl halides is 5. The second kappa shape index (κ2) is 6.86. The van der Waals surface area contributed by atoms with E-state index in [1.54, 1.807) is 6.92 Å². The van der Waals surface area contributed by atoms with Crippen LogP contribution in [0.3, 0.4) is 0 Å². The van der Waals surface area contributed by atoms with Crippen molar-refractivity contribution in [1.29, 1.82) is 0 Å². The standard InChI is InChI=1S/C17H23F5O5S2/c1-10(15-6-11-3-12(7-15)5-13(4-11)8-15)2-14(23)16(18,19)28(24,25)9-29(26,27)17(20,21)22/h10-13H,2-9H2,1H3. The molecule has 0 aromatic rings. The number of Topliss-reactive ketones (excluding diaryl/α,β-unsaturated/α-hetero) is 1. The normalized spacial score (nSPS) is 33.7. The Kier molecular flexibility index (Phi) is 5.42. The van der Waals surface area contributed by atoms with Gasteiger partial charge < -0.3 is 0 Å². The molecule has 1 unspecified atom stereocenters. The largest absolute Gasteiger partial charge is 0.498 e. The lowest BCUT2D eigenvalue weighted by Gasteiger charge is -2.59. The highest BCUT2D eigenvalue weighted by Gasteiger charge is 2.60. The molecule has 0 aromatic heterocycles. The topological polar surface area (TPSA) is 85.3 Å². The maximum atomic E-state index is 14.3. The van der Waals surface area contributed by atoms with Gasteiger partial charge >= 0.3 is 10.8 Å². The Hall–Kier alpha value is -0.780. The second-order valence-corrected chi connectivity index (χ2v) is 13.5. The SMILES string of the molecule is CC(CC(=O)C(F)(F)S(=O)(=O)CS(=O)(=O)C(F)(F)F)C12CC3CC(CC(C3)C1)C2. The second-order valence-electron chi connectivity index (χ2n) is 9.12. The van der Waals surface area contributed by atoms with E-state index < -0.39 is 53.6 Å². The van der Waals surface area contributed by atoms with Crippen LogP contribution in [0, 0.1) is 29.1 Å². The lowest BCUT2D eigenvalue weighted by Crippen LogP contribution is -2.50. The van der Waals surface area contributed by atoms with Crippen LogP contribution in [0.1, 0.15) is 51.9 Å². The first kappa shape index (κ1) is 22.9. The molecule has 12 heteroatoms. The van der Waals surface area contributed by atoms with Gasteiger partial charge in [-0.2, -0.15) is 22.0 Å². The number of rotatable bonds is 7. The van der Waals surface area contributed by atoms with Crippen molar-refractivity contribution in [3.05, 3.63) is 0 Å². The number of sulfone groups is 2. The first-order valence-corrected chi connectivity index (χ1v) is 12.7. The van der Waals surface area contributed by atoms with Gasteiger partial charge in [-0.05, 0) is 67.6 Å². The zero-order chi connectivity index (χ0) is 22.0. The Morgan fingerprint density at radius 1 is 0.897 bits per heavy atom. The molecule has 0 radical (unpaired) electrons. The highest BCUT2D eigenvalue weighted by molar-refractivity contribution is 8.09. The Balaban J connectivity index is 1.75. The Labute approximate surface area is 166 Å². The predicted octanol–water partition coefficient (Wildman–Crippen LogP) is 3.70. The van der Waals surface area contributed by atoms with Crippen molar-refractivity contribution in [3.63, 3.8) is 0 Å². The zero-order valence-electron chi connectivity index (χ0n) is 15.7. The molecule has 0 heterocycles. The maximum Gasteiger partial charge on any atom is 0.498 e. The van der Waals surface area contributed by atoms with Crippen LogP contribution in [0.4, 0.5) is 22.0 Å². The summed E-state index contributed by atoms with van der Waals surface area (Å²) in [5.41, 5.74) is -6.35. The van der Waals surface area contributed by atoms with Crippen LogP contribution in [0.15, 0.2) is 0 Å². The van der Waals surface area contributed by atoms with Gasteiger partial charge in [-0.25, -0.2) is 16.8 Å². The summed E-state index contributed by atoms with van der Waals surface area (Å²) in [7, 11) is -12.5. The van der Waals surface area contributed by atoms with Gasteiger partial charge in [0.2, 0.25) is 15.6 Å². The van der Waals surface area contributed by atoms with Gasteiger partial charge in [0, 0.05) is 6.42 Å². The maximum absolute atomic E-state index is 14.3. The lowest BCUT2D eigenvalue weighted by atomic mass is 9.46.